The molecule has 1 aromatic rings. The van der Waals surface area contributed by atoms with E-state index in [1.54, 1.807) is 0 Å². The van der Waals surface area contributed by atoms with Crippen molar-refractivity contribution in [1.82, 2.24) is 19.6 Å². The quantitative estimate of drug-likeness (QED) is 0.283. The van der Waals surface area contributed by atoms with Crippen molar-refractivity contribution in [2.45, 2.75) is 122 Å². The average Bonchev–Trinajstić information content (AvgIpc) is 3.67. The Kier molecular flexibility index (Phi) is 9.11. The molecule has 3 aliphatic heterocycles. The van der Waals surface area contributed by atoms with Gasteiger partial charge < -0.3 is 20.4 Å². The summed E-state index contributed by atoms with van der Waals surface area (Å²) in [7, 11) is 0. The van der Waals surface area contributed by atoms with Crippen molar-refractivity contribution >= 4 is 11.9 Å². The maximum atomic E-state index is 9.79. The van der Waals surface area contributed by atoms with E-state index in [0.29, 0.717) is 35.5 Å². The van der Waals surface area contributed by atoms with Gasteiger partial charge >= 0.3 is 0 Å². The molecular formula is C38H61N7. The van der Waals surface area contributed by atoms with Crippen LogP contribution in [-0.4, -0.2) is 95.0 Å². The molecule has 248 valence electrons. The zero-order valence-electron chi connectivity index (χ0n) is 28.5. The van der Waals surface area contributed by atoms with Crippen LogP contribution in [-0.2, 0) is 6.42 Å². The molecule has 3 heterocycles. The Morgan fingerprint density at radius 1 is 0.978 bits per heavy atom. The molecule has 7 aliphatic rings. The van der Waals surface area contributed by atoms with E-state index in [1.807, 2.05) is 0 Å². The van der Waals surface area contributed by atoms with Crippen LogP contribution in [0.2, 0.25) is 0 Å². The number of aliphatic imine (C=N–C) groups is 1. The molecule has 8 rings (SSSR count). The Balaban J connectivity index is 1.10. The van der Waals surface area contributed by atoms with Gasteiger partial charge in [-0.05, 0) is 112 Å². The number of hydrogen-bond donors (Lipinski definition) is 2. The minimum Gasteiger partial charge on any atom is -0.370 e. The molecule has 0 aromatic heterocycles. The minimum absolute atomic E-state index is 0.303. The lowest BCUT2D eigenvalue weighted by molar-refractivity contribution is -0.0638. The molecule has 0 amide bonds. The highest BCUT2D eigenvalue weighted by Crippen LogP contribution is 2.60. The maximum Gasteiger partial charge on any atom is 0.194 e. The Hall–Kier alpha value is -2.28. The van der Waals surface area contributed by atoms with Gasteiger partial charge in [0.1, 0.15) is 0 Å². The predicted molar refractivity (Wildman–Crippen MR) is 185 cm³/mol. The van der Waals surface area contributed by atoms with Crippen LogP contribution in [0, 0.1) is 34.5 Å². The first-order valence-corrected chi connectivity index (χ1v) is 18.8. The van der Waals surface area contributed by atoms with E-state index in [-0.39, 0.29) is 0 Å². The molecule has 3 N–H and O–H groups in total. The number of nitrogens with two attached hydrogens (primary N) is 1. The Morgan fingerprint density at radius 3 is 2.36 bits per heavy atom. The number of nitrogens with one attached hydrogen (secondary N) is 1. The number of guanidine groups is 2. The largest absolute Gasteiger partial charge is 0.370 e. The Labute approximate surface area is 273 Å². The summed E-state index contributed by atoms with van der Waals surface area (Å²) in [4.78, 5) is 15.0. The van der Waals surface area contributed by atoms with Gasteiger partial charge in [0, 0.05) is 44.3 Å². The van der Waals surface area contributed by atoms with Gasteiger partial charge in [-0.3, -0.25) is 15.3 Å². The highest BCUT2D eigenvalue weighted by molar-refractivity contribution is 5.80. The highest BCUT2D eigenvalue weighted by Gasteiger charge is 2.53. The van der Waals surface area contributed by atoms with Crippen LogP contribution in [0.4, 0.5) is 0 Å². The third-order valence-electron chi connectivity index (χ3n) is 12.7. The lowest BCUT2D eigenvalue weighted by Gasteiger charge is -2.58. The van der Waals surface area contributed by atoms with E-state index in [9.17, 15) is 5.41 Å². The second kappa shape index (κ2) is 13.1. The molecule has 0 unspecified atom stereocenters. The first kappa shape index (κ1) is 31.3. The van der Waals surface area contributed by atoms with Crippen molar-refractivity contribution in [2.75, 3.05) is 39.3 Å². The van der Waals surface area contributed by atoms with Gasteiger partial charge in [-0.1, -0.05) is 57.5 Å². The Bertz CT molecular complexity index is 1160. The van der Waals surface area contributed by atoms with Gasteiger partial charge in [0.2, 0.25) is 0 Å². The lowest BCUT2D eigenvalue weighted by atomic mass is 9.49. The van der Waals surface area contributed by atoms with Crippen LogP contribution >= 0.6 is 0 Å². The molecule has 4 saturated carbocycles. The number of nitrogens with zero attached hydrogens (tertiary/aromatic N) is 5. The number of hydrogen-bond acceptors (Lipinski definition) is 5. The first-order valence-electron chi connectivity index (χ1n) is 18.8. The van der Waals surface area contributed by atoms with Crippen LogP contribution < -0.4 is 5.73 Å². The summed E-state index contributed by atoms with van der Waals surface area (Å²) in [5.74, 6) is 5.10. The normalized spacial score (nSPS) is 35.3. The van der Waals surface area contributed by atoms with Gasteiger partial charge in [0.25, 0.3) is 0 Å². The standard InChI is InChI=1S/C38H61N7/c1-4-9-33-25-44(37(40)45(33)26-38-19-29-15-30(20-38)17-31(16-29)21-38)35(18-28-10-6-5-7-11-28)23-42-13-8-12-32(42)24-43-34(14-27(2)3)22-41-36(43)39/h5-7,10-11,27,29-35,40H,4,8-9,12-26H2,1-3H3,(H2,39,41)/t29?,30?,31?,32-,33+,34+,35+,38?/m0/s1. The molecule has 45 heavy (non-hydrogen) atoms. The van der Waals surface area contributed by atoms with Crippen LogP contribution in [0.3, 0.4) is 0 Å². The summed E-state index contributed by atoms with van der Waals surface area (Å²) in [6.07, 6.45) is 15.7. The van der Waals surface area contributed by atoms with Gasteiger partial charge in [-0.25, -0.2) is 0 Å². The van der Waals surface area contributed by atoms with Crippen LogP contribution in [0.1, 0.15) is 97.0 Å². The van der Waals surface area contributed by atoms with E-state index in [1.165, 1.54) is 69.8 Å². The zero-order valence-corrected chi connectivity index (χ0v) is 28.5. The fraction of sp³-hybridized carbons (Fsp3) is 0.789. The second-order valence-electron chi connectivity index (χ2n) is 16.7. The molecule has 6 fully saturated rings. The van der Waals surface area contributed by atoms with Crippen LogP contribution in [0.5, 0.6) is 0 Å². The number of likely N-dealkylation sites (tertiary alicyclic amines) is 1. The Morgan fingerprint density at radius 2 is 1.69 bits per heavy atom. The molecule has 4 atom stereocenters. The molecular weight excluding hydrogens is 554 g/mol. The third-order valence-corrected chi connectivity index (χ3v) is 12.7. The summed E-state index contributed by atoms with van der Waals surface area (Å²) in [6.45, 7) is 13.1. The summed E-state index contributed by atoms with van der Waals surface area (Å²) in [5, 5.41) is 9.79. The first-order chi connectivity index (χ1) is 21.8. The van der Waals surface area contributed by atoms with Gasteiger partial charge in [-0.15, -0.1) is 0 Å². The molecule has 2 saturated heterocycles. The molecule has 1 aromatic carbocycles. The predicted octanol–water partition coefficient (Wildman–Crippen LogP) is 6.04. The van der Waals surface area contributed by atoms with E-state index in [2.05, 4.69) is 75.7 Å². The molecule has 4 aliphatic carbocycles. The summed E-state index contributed by atoms with van der Waals surface area (Å²) in [6, 6.07) is 12.8. The van der Waals surface area contributed by atoms with E-state index in [4.69, 9.17) is 5.73 Å². The lowest BCUT2D eigenvalue weighted by Crippen LogP contribution is -2.54. The van der Waals surface area contributed by atoms with E-state index < -0.39 is 0 Å². The monoisotopic (exact) mass is 615 g/mol. The van der Waals surface area contributed by atoms with Crippen molar-refractivity contribution in [3.63, 3.8) is 0 Å². The summed E-state index contributed by atoms with van der Waals surface area (Å²) >= 11 is 0. The van der Waals surface area contributed by atoms with Crippen molar-refractivity contribution < 1.29 is 0 Å². The molecule has 7 heteroatoms. The molecule has 0 radical (unpaired) electrons. The minimum atomic E-state index is 0.303. The fourth-order valence-corrected chi connectivity index (χ4v) is 11.3. The topological polar surface area (TPSA) is 75.2 Å². The van der Waals surface area contributed by atoms with Crippen molar-refractivity contribution in [1.29, 1.82) is 5.41 Å². The zero-order chi connectivity index (χ0) is 31.1. The average molecular weight is 616 g/mol. The van der Waals surface area contributed by atoms with E-state index >= 15 is 0 Å². The molecule has 7 nitrogen and oxygen atoms in total. The van der Waals surface area contributed by atoms with Crippen LogP contribution in [0.15, 0.2) is 35.3 Å². The van der Waals surface area contributed by atoms with Crippen molar-refractivity contribution in [2.24, 2.45) is 39.8 Å². The van der Waals surface area contributed by atoms with Crippen molar-refractivity contribution in [3.05, 3.63) is 35.9 Å². The third kappa shape index (κ3) is 6.62. The highest BCUT2D eigenvalue weighted by atomic mass is 15.5. The maximum absolute atomic E-state index is 9.79. The number of rotatable bonds is 13. The molecule has 0 spiro atoms. The second-order valence-corrected chi connectivity index (χ2v) is 16.7. The number of benzene rings is 1. The van der Waals surface area contributed by atoms with Gasteiger partial charge in [-0.2, -0.15) is 0 Å². The fourth-order valence-electron chi connectivity index (χ4n) is 11.3. The summed E-state index contributed by atoms with van der Waals surface area (Å²) < 4.78 is 0. The van der Waals surface area contributed by atoms with Crippen molar-refractivity contribution in [3.8, 4) is 0 Å². The molecule has 4 bridgehead atoms. The smallest absolute Gasteiger partial charge is 0.194 e. The van der Waals surface area contributed by atoms with Gasteiger partial charge in [0.05, 0.1) is 12.6 Å². The summed E-state index contributed by atoms with van der Waals surface area (Å²) in [5.41, 5.74) is 8.34. The van der Waals surface area contributed by atoms with Crippen LogP contribution in [0.25, 0.3) is 0 Å². The van der Waals surface area contributed by atoms with E-state index in [0.717, 1.165) is 81.8 Å². The van der Waals surface area contributed by atoms with Gasteiger partial charge in [0.15, 0.2) is 11.9 Å². The SMILES string of the molecule is CCC[C@@H]1CN([C@H](Cc2ccccc2)CN2CCC[C@H]2CN2C(N)=NC[C@H]2CC(C)C)C(=N)N1CC12CC3CC(CC(C3)C1)C2.